The van der Waals surface area contributed by atoms with Gasteiger partial charge in [0.25, 0.3) is 5.69 Å². The molecular weight excluding hydrogens is 172 g/mol. The Hall–Kier alpha value is -1.46. The van der Waals surface area contributed by atoms with Gasteiger partial charge in [0.1, 0.15) is 0 Å². The second-order valence-electron chi connectivity index (χ2n) is 2.57. The van der Waals surface area contributed by atoms with Crippen LogP contribution in [0.5, 0.6) is 0 Å². The number of nitrogens with zero attached hydrogens (tertiary/aromatic N) is 1. The summed E-state index contributed by atoms with van der Waals surface area (Å²) in [4.78, 5) is 9.96. The monoisotopic (exact) mass is 182 g/mol. The Morgan fingerprint density at radius 3 is 2.69 bits per heavy atom. The molecule has 0 bridgehead atoms. The van der Waals surface area contributed by atoms with Crippen LogP contribution in [-0.4, -0.2) is 16.6 Å². The van der Waals surface area contributed by atoms with E-state index in [1.165, 1.54) is 12.1 Å². The molecule has 0 aromatic heterocycles. The number of hydrogen-bond acceptors (Lipinski definition) is 4. The fraction of sp³-hybridized carbons (Fsp3) is 0.250. The molecule has 0 aliphatic carbocycles. The number of aliphatic hydroxyl groups excluding tert-OH is 1. The summed E-state index contributed by atoms with van der Waals surface area (Å²) < 4.78 is 0. The molecule has 0 unspecified atom stereocenters. The Balaban J connectivity index is 3.11. The van der Waals surface area contributed by atoms with Crippen molar-refractivity contribution in [2.75, 3.05) is 6.54 Å². The lowest BCUT2D eigenvalue weighted by Crippen LogP contribution is -2.12. The predicted octanol–water partition coefficient (Wildman–Crippen LogP) is 0.587. The van der Waals surface area contributed by atoms with E-state index in [-0.39, 0.29) is 17.8 Å². The van der Waals surface area contributed by atoms with Crippen molar-refractivity contribution < 1.29 is 10.0 Å². The molecule has 1 aromatic rings. The molecule has 1 aromatic carbocycles. The number of nitrogens with two attached hydrogens (primary N) is 1. The van der Waals surface area contributed by atoms with Gasteiger partial charge in [-0.3, -0.25) is 10.1 Å². The minimum atomic E-state index is -0.971. The predicted molar refractivity (Wildman–Crippen MR) is 47.1 cm³/mol. The number of nitro benzene ring substituents is 1. The fourth-order valence-corrected chi connectivity index (χ4v) is 1.06. The molecule has 5 nitrogen and oxygen atoms in total. The third-order valence-corrected chi connectivity index (χ3v) is 1.72. The standard InChI is InChI=1S/C8H10N2O3/c9-5-8(11)6-3-1-2-4-7(6)10(12)13/h1-4,8,11H,5,9H2/t8-/m0/s1. The molecule has 0 aliphatic rings. The summed E-state index contributed by atoms with van der Waals surface area (Å²) in [5.41, 5.74) is 5.36. The molecule has 0 amide bonds. The van der Waals surface area contributed by atoms with E-state index < -0.39 is 11.0 Å². The lowest BCUT2D eigenvalue weighted by molar-refractivity contribution is -0.386. The molecule has 0 aliphatic heterocycles. The van der Waals surface area contributed by atoms with Gasteiger partial charge in [0.05, 0.1) is 16.6 Å². The Bertz CT molecular complexity index is 314. The number of rotatable bonds is 3. The van der Waals surface area contributed by atoms with Crippen LogP contribution in [0.1, 0.15) is 11.7 Å². The number of para-hydroxylation sites is 1. The first kappa shape index (κ1) is 9.63. The van der Waals surface area contributed by atoms with Crippen LogP contribution in [0.4, 0.5) is 5.69 Å². The molecule has 0 saturated heterocycles. The third kappa shape index (κ3) is 2.01. The first-order valence-electron chi connectivity index (χ1n) is 3.78. The van der Waals surface area contributed by atoms with Crippen LogP contribution in [0, 0.1) is 10.1 Å². The summed E-state index contributed by atoms with van der Waals surface area (Å²) in [5.74, 6) is 0. The molecule has 5 heteroatoms. The lowest BCUT2D eigenvalue weighted by atomic mass is 10.1. The normalized spacial score (nSPS) is 12.5. The molecule has 0 heterocycles. The first-order valence-corrected chi connectivity index (χ1v) is 3.78. The molecule has 0 saturated carbocycles. The first-order chi connectivity index (χ1) is 6.16. The SMILES string of the molecule is NC[C@H](O)c1ccccc1[N+](=O)[O-]. The van der Waals surface area contributed by atoms with Crippen LogP contribution in [0.15, 0.2) is 24.3 Å². The van der Waals surface area contributed by atoms with E-state index in [2.05, 4.69) is 0 Å². The van der Waals surface area contributed by atoms with Crippen molar-refractivity contribution in [3.63, 3.8) is 0 Å². The van der Waals surface area contributed by atoms with Gasteiger partial charge in [-0.05, 0) is 6.07 Å². The number of benzene rings is 1. The zero-order valence-corrected chi connectivity index (χ0v) is 6.88. The fourth-order valence-electron chi connectivity index (χ4n) is 1.06. The van der Waals surface area contributed by atoms with Gasteiger partial charge in [-0.2, -0.15) is 0 Å². The second-order valence-corrected chi connectivity index (χ2v) is 2.57. The number of aliphatic hydroxyl groups is 1. The summed E-state index contributed by atoms with van der Waals surface area (Å²) in [6.45, 7) is -0.0230. The smallest absolute Gasteiger partial charge is 0.275 e. The van der Waals surface area contributed by atoms with Crippen molar-refractivity contribution in [2.24, 2.45) is 5.73 Å². The molecule has 0 spiro atoms. The van der Waals surface area contributed by atoms with Crippen molar-refractivity contribution in [3.8, 4) is 0 Å². The second kappa shape index (κ2) is 3.97. The van der Waals surface area contributed by atoms with E-state index >= 15 is 0 Å². The molecule has 0 fully saturated rings. The van der Waals surface area contributed by atoms with E-state index in [1.54, 1.807) is 12.1 Å². The zero-order valence-electron chi connectivity index (χ0n) is 6.88. The molecule has 13 heavy (non-hydrogen) atoms. The molecular formula is C8H10N2O3. The van der Waals surface area contributed by atoms with Crippen molar-refractivity contribution in [2.45, 2.75) is 6.10 Å². The highest BCUT2D eigenvalue weighted by atomic mass is 16.6. The summed E-state index contributed by atoms with van der Waals surface area (Å²) in [7, 11) is 0. The van der Waals surface area contributed by atoms with Crippen molar-refractivity contribution in [1.29, 1.82) is 0 Å². The quantitative estimate of drug-likeness (QED) is 0.528. The zero-order chi connectivity index (χ0) is 9.84. The molecule has 70 valence electrons. The van der Waals surface area contributed by atoms with Gasteiger partial charge in [-0.25, -0.2) is 0 Å². The van der Waals surface area contributed by atoms with E-state index in [9.17, 15) is 15.2 Å². The van der Waals surface area contributed by atoms with E-state index in [4.69, 9.17) is 5.73 Å². The van der Waals surface area contributed by atoms with Gasteiger partial charge in [0.2, 0.25) is 0 Å². The molecule has 0 radical (unpaired) electrons. The molecule has 1 atom stereocenters. The Morgan fingerprint density at radius 2 is 2.15 bits per heavy atom. The highest BCUT2D eigenvalue weighted by Crippen LogP contribution is 2.23. The van der Waals surface area contributed by atoms with Gasteiger partial charge < -0.3 is 10.8 Å². The van der Waals surface area contributed by atoms with Crippen LogP contribution in [0.3, 0.4) is 0 Å². The van der Waals surface area contributed by atoms with Gasteiger partial charge in [-0.15, -0.1) is 0 Å². The average molecular weight is 182 g/mol. The minimum absolute atomic E-state index is 0.0230. The number of nitro groups is 1. The largest absolute Gasteiger partial charge is 0.387 e. The van der Waals surface area contributed by atoms with E-state index in [0.29, 0.717) is 0 Å². The maximum atomic E-state index is 10.5. The summed E-state index contributed by atoms with van der Waals surface area (Å²) in [6.07, 6.45) is -0.971. The van der Waals surface area contributed by atoms with Gasteiger partial charge >= 0.3 is 0 Å². The van der Waals surface area contributed by atoms with Crippen LogP contribution >= 0.6 is 0 Å². The van der Waals surface area contributed by atoms with E-state index in [0.717, 1.165) is 0 Å². The van der Waals surface area contributed by atoms with E-state index in [1.807, 2.05) is 0 Å². The Morgan fingerprint density at radius 1 is 1.54 bits per heavy atom. The maximum absolute atomic E-state index is 10.5. The number of hydrogen-bond donors (Lipinski definition) is 2. The van der Waals surface area contributed by atoms with Crippen molar-refractivity contribution in [1.82, 2.24) is 0 Å². The minimum Gasteiger partial charge on any atom is -0.387 e. The lowest BCUT2D eigenvalue weighted by Gasteiger charge is -2.07. The topological polar surface area (TPSA) is 89.4 Å². The molecule has 1 rings (SSSR count). The van der Waals surface area contributed by atoms with Crippen LogP contribution in [0.2, 0.25) is 0 Å². The summed E-state index contributed by atoms with van der Waals surface area (Å²) in [6, 6.07) is 6.01. The third-order valence-electron chi connectivity index (χ3n) is 1.72. The van der Waals surface area contributed by atoms with Crippen LogP contribution < -0.4 is 5.73 Å². The Labute approximate surface area is 74.9 Å². The maximum Gasteiger partial charge on any atom is 0.275 e. The van der Waals surface area contributed by atoms with Gasteiger partial charge in [0, 0.05) is 12.6 Å². The Kier molecular flexibility index (Phi) is 2.94. The highest BCUT2D eigenvalue weighted by Gasteiger charge is 2.17. The van der Waals surface area contributed by atoms with Crippen molar-refractivity contribution >= 4 is 5.69 Å². The van der Waals surface area contributed by atoms with Gasteiger partial charge in [-0.1, -0.05) is 12.1 Å². The average Bonchev–Trinajstić information content (AvgIpc) is 2.16. The van der Waals surface area contributed by atoms with Crippen LogP contribution in [-0.2, 0) is 0 Å². The molecule has 3 N–H and O–H groups in total. The summed E-state index contributed by atoms with van der Waals surface area (Å²) in [5, 5.41) is 19.8. The highest BCUT2D eigenvalue weighted by molar-refractivity contribution is 5.41. The van der Waals surface area contributed by atoms with Crippen LogP contribution in [0.25, 0.3) is 0 Å². The van der Waals surface area contributed by atoms with Gasteiger partial charge in [0.15, 0.2) is 0 Å². The summed E-state index contributed by atoms with van der Waals surface area (Å²) >= 11 is 0. The van der Waals surface area contributed by atoms with Crippen molar-refractivity contribution in [3.05, 3.63) is 39.9 Å².